The van der Waals surface area contributed by atoms with Crippen molar-refractivity contribution < 1.29 is 9.47 Å². The first-order valence-corrected chi connectivity index (χ1v) is 8.62. The number of hydrogen-bond donors (Lipinski definition) is 1. The van der Waals surface area contributed by atoms with Crippen molar-refractivity contribution in [3.8, 4) is 11.5 Å². The third-order valence-corrected chi connectivity index (χ3v) is 3.96. The van der Waals surface area contributed by atoms with Gasteiger partial charge in [0.05, 0.1) is 7.11 Å². The Balaban J connectivity index is 1.86. The first-order valence-electron chi connectivity index (χ1n) is 8.62. The van der Waals surface area contributed by atoms with Gasteiger partial charge in [-0.2, -0.15) is 0 Å². The molecule has 1 aromatic heterocycles. The molecule has 25 heavy (non-hydrogen) atoms. The van der Waals surface area contributed by atoms with Crippen LogP contribution in [0.5, 0.6) is 11.5 Å². The van der Waals surface area contributed by atoms with E-state index in [1.165, 1.54) is 5.56 Å². The maximum Gasteiger partial charge on any atom is 0.161 e. The number of ether oxygens (including phenoxy) is 2. The van der Waals surface area contributed by atoms with Gasteiger partial charge in [-0.25, -0.2) is 4.98 Å². The first kappa shape index (κ1) is 19.1. The van der Waals surface area contributed by atoms with Gasteiger partial charge in [-0.05, 0) is 49.6 Å². The maximum absolute atomic E-state index is 5.78. The Morgan fingerprint density at radius 1 is 1.36 bits per heavy atom. The van der Waals surface area contributed by atoms with E-state index in [9.17, 15) is 0 Å². The fourth-order valence-electron chi connectivity index (χ4n) is 2.60. The minimum absolute atomic E-state index is 0.495. The molecule has 0 aliphatic carbocycles. The molecule has 0 aliphatic rings. The van der Waals surface area contributed by atoms with E-state index < -0.39 is 0 Å². The van der Waals surface area contributed by atoms with Crippen LogP contribution in [0.1, 0.15) is 25.2 Å². The third kappa shape index (κ3) is 5.94. The zero-order valence-electron chi connectivity index (χ0n) is 15.7. The lowest BCUT2D eigenvalue weighted by Crippen LogP contribution is -2.24. The SMILES string of the molecule is C=C(C)COc1cc(CNCC(C)Cn2ccnc2C)ccc1OC. The molecule has 2 aromatic rings. The monoisotopic (exact) mass is 343 g/mol. The van der Waals surface area contributed by atoms with Crippen molar-refractivity contribution in [2.45, 2.75) is 33.9 Å². The summed E-state index contributed by atoms with van der Waals surface area (Å²) in [5, 5.41) is 3.52. The summed E-state index contributed by atoms with van der Waals surface area (Å²) in [5.74, 6) is 3.08. The van der Waals surface area contributed by atoms with Crippen LogP contribution in [-0.4, -0.2) is 29.8 Å². The van der Waals surface area contributed by atoms with Gasteiger partial charge in [0.2, 0.25) is 0 Å². The van der Waals surface area contributed by atoms with Crippen LogP contribution in [-0.2, 0) is 13.1 Å². The molecule has 1 heterocycles. The fraction of sp³-hybridized carbons (Fsp3) is 0.450. The van der Waals surface area contributed by atoms with Crippen molar-refractivity contribution >= 4 is 0 Å². The minimum atomic E-state index is 0.495. The molecule has 0 fully saturated rings. The van der Waals surface area contributed by atoms with Gasteiger partial charge in [-0.1, -0.05) is 19.6 Å². The van der Waals surface area contributed by atoms with Crippen LogP contribution in [0, 0.1) is 12.8 Å². The number of aromatic nitrogens is 2. The Kier molecular flexibility index (Phi) is 7.07. The number of benzene rings is 1. The highest BCUT2D eigenvalue weighted by molar-refractivity contribution is 5.43. The summed E-state index contributed by atoms with van der Waals surface area (Å²) < 4.78 is 13.3. The molecule has 0 saturated carbocycles. The predicted octanol–water partition coefficient (Wildman–Crippen LogP) is 3.58. The average molecular weight is 343 g/mol. The van der Waals surface area contributed by atoms with Crippen LogP contribution in [0.25, 0.3) is 0 Å². The molecule has 1 atom stereocenters. The predicted molar refractivity (Wildman–Crippen MR) is 101 cm³/mol. The minimum Gasteiger partial charge on any atom is -0.493 e. The molecular formula is C20H29N3O2. The standard InChI is InChI=1S/C20H29N3O2/c1-15(2)14-25-20-10-18(6-7-19(20)24-5)12-21-11-16(3)13-23-9-8-22-17(23)4/h6-10,16,21H,1,11-14H2,2-5H3. The van der Waals surface area contributed by atoms with E-state index in [0.29, 0.717) is 12.5 Å². The highest BCUT2D eigenvalue weighted by atomic mass is 16.5. The van der Waals surface area contributed by atoms with Crippen LogP contribution in [0.4, 0.5) is 0 Å². The Morgan fingerprint density at radius 2 is 2.16 bits per heavy atom. The summed E-state index contributed by atoms with van der Waals surface area (Å²) in [4.78, 5) is 4.26. The lowest BCUT2D eigenvalue weighted by Gasteiger charge is -2.15. The summed E-state index contributed by atoms with van der Waals surface area (Å²) in [6, 6.07) is 6.03. The first-order chi connectivity index (χ1) is 12.0. The Morgan fingerprint density at radius 3 is 2.80 bits per heavy atom. The molecule has 136 valence electrons. The van der Waals surface area contributed by atoms with E-state index in [1.54, 1.807) is 7.11 Å². The molecule has 0 saturated heterocycles. The van der Waals surface area contributed by atoms with Crippen molar-refractivity contribution in [1.82, 2.24) is 14.9 Å². The molecular weight excluding hydrogens is 314 g/mol. The van der Waals surface area contributed by atoms with Crippen molar-refractivity contribution in [3.05, 3.63) is 54.1 Å². The molecule has 1 unspecified atom stereocenters. The van der Waals surface area contributed by atoms with Crippen LogP contribution < -0.4 is 14.8 Å². The Bertz CT molecular complexity index is 694. The Hall–Kier alpha value is -2.27. The number of aryl methyl sites for hydroxylation is 1. The molecule has 0 spiro atoms. The molecule has 1 aromatic carbocycles. The molecule has 5 nitrogen and oxygen atoms in total. The van der Waals surface area contributed by atoms with E-state index >= 15 is 0 Å². The zero-order chi connectivity index (χ0) is 18.2. The molecule has 0 amide bonds. The molecule has 0 radical (unpaired) electrons. The number of rotatable bonds is 10. The summed E-state index contributed by atoms with van der Waals surface area (Å²) >= 11 is 0. The summed E-state index contributed by atoms with van der Waals surface area (Å²) in [7, 11) is 1.65. The smallest absolute Gasteiger partial charge is 0.161 e. The molecule has 0 bridgehead atoms. The van der Waals surface area contributed by atoms with E-state index in [0.717, 1.165) is 42.5 Å². The summed E-state index contributed by atoms with van der Waals surface area (Å²) in [5.41, 5.74) is 2.15. The molecule has 5 heteroatoms. The van der Waals surface area contributed by atoms with Gasteiger partial charge in [0.15, 0.2) is 11.5 Å². The zero-order valence-corrected chi connectivity index (χ0v) is 15.7. The lowest BCUT2D eigenvalue weighted by molar-refractivity contribution is 0.319. The second-order valence-corrected chi connectivity index (χ2v) is 6.59. The normalized spacial score (nSPS) is 12.0. The maximum atomic E-state index is 5.78. The van der Waals surface area contributed by atoms with Crippen LogP contribution in [0.15, 0.2) is 42.7 Å². The second-order valence-electron chi connectivity index (χ2n) is 6.59. The molecule has 0 aliphatic heterocycles. The van der Waals surface area contributed by atoms with Gasteiger partial charge >= 0.3 is 0 Å². The average Bonchev–Trinajstić information content (AvgIpc) is 2.98. The van der Waals surface area contributed by atoms with Gasteiger partial charge in [0.25, 0.3) is 0 Å². The van der Waals surface area contributed by atoms with Crippen LogP contribution in [0.3, 0.4) is 0 Å². The number of nitrogens with zero attached hydrogens (tertiary/aromatic N) is 2. The van der Waals surface area contributed by atoms with Crippen molar-refractivity contribution in [2.75, 3.05) is 20.3 Å². The van der Waals surface area contributed by atoms with Crippen LogP contribution >= 0.6 is 0 Å². The van der Waals surface area contributed by atoms with E-state index in [4.69, 9.17) is 9.47 Å². The van der Waals surface area contributed by atoms with E-state index in [-0.39, 0.29) is 0 Å². The second kappa shape index (κ2) is 9.28. The number of hydrogen-bond acceptors (Lipinski definition) is 4. The van der Waals surface area contributed by atoms with Gasteiger partial charge < -0.3 is 19.4 Å². The fourth-order valence-corrected chi connectivity index (χ4v) is 2.60. The van der Waals surface area contributed by atoms with Crippen LogP contribution in [0.2, 0.25) is 0 Å². The van der Waals surface area contributed by atoms with Crippen molar-refractivity contribution in [1.29, 1.82) is 0 Å². The number of imidazole rings is 1. The lowest BCUT2D eigenvalue weighted by atomic mass is 10.1. The quantitative estimate of drug-likeness (QED) is 0.670. The van der Waals surface area contributed by atoms with E-state index in [2.05, 4.69) is 34.4 Å². The van der Waals surface area contributed by atoms with Gasteiger partial charge in [-0.3, -0.25) is 0 Å². The molecule has 2 rings (SSSR count). The van der Waals surface area contributed by atoms with Crippen molar-refractivity contribution in [3.63, 3.8) is 0 Å². The number of nitrogens with one attached hydrogen (secondary N) is 1. The van der Waals surface area contributed by atoms with Crippen molar-refractivity contribution in [2.24, 2.45) is 5.92 Å². The summed E-state index contributed by atoms with van der Waals surface area (Å²) in [6.07, 6.45) is 3.87. The number of methoxy groups -OCH3 is 1. The third-order valence-electron chi connectivity index (χ3n) is 3.96. The highest BCUT2D eigenvalue weighted by Gasteiger charge is 2.08. The summed E-state index contributed by atoms with van der Waals surface area (Å²) in [6.45, 7) is 13.3. The topological polar surface area (TPSA) is 48.3 Å². The Labute approximate surface area is 150 Å². The van der Waals surface area contributed by atoms with Gasteiger partial charge in [-0.15, -0.1) is 0 Å². The largest absolute Gasteiger partial charge is 0.493 e. The van der Waals surface area contributed by atoms with Gasteiger partial charge in [0.1, 0.15) is 12.4 Å². The highest BCUT2D eigenvalue weighted by Crippen LogP contribution is 2.28. The van der Waals surface area contributed by atoms with E-state index in [1.807, 2.05) is 38.4 Å². The van der Waals surface area contributed by atoms with Gasteiger partial charge in [0, 0.05) is 25.5 Å². The molecule has 1 N–H and O–H groups in total.